The molecule has 4 aromatic carbocycles. The fourth-order valence-electron chi connectivity index (χ4n) is 3.57. The van der Waals surface area contributed by atoms with Gasteiger partial charge in [-0.2, -0.15) is 0 Å². The van der Waals surface area contributed by atoms with Gasteiger partial charge >= 0.3 is 17.9 Å². The average molecular weight is 529 g/mol. The van der Waals surface area contributed by atoms with Gasteiger partial charge in [-0.3, -0.25) is 14.4 Å². The maximum atomic E-state index is 12.5. The van der Waals surface area contributed by atoms with E-state index in [-0.39, 0.29) is 53.8 Å². The monoisotopic (exact) mass is 528 g/mol. The van der Waals surface area contributed by atoms with Crippen molar-refractivity contribution in [3.8, 4) is 34.5 Å². The highest BCUT2D eigenvalue weighted by atomic mass is 16.6. The zero-order chi connectivity index (χ0) is 27.8. The molecule has 9 heteroatoms. The van der Waals surface area contributed by atoms with Gasteiger partial charge in [0.2, 0.25) is 0 Å². The molecule has 4 aromatic rings. The molecule has 0 saturated carbocycles. The van der Waals surface area contributed by atoms with Crippen LogP contribution in [0, 0.1) is 0 Å². The Bertz CT molecular complexity index is 1270. The van der Waals surface area contributed by atoms with Gasteiger partial charge in [0, 0.05) is 18.2 Å². The maximum absolute atomic E-state index is 12.5. The second-order valence-corrected chi connectivity index (χ2v) is 8.59. The van der Waals surface area contributed by atoms with Crippen molar-refractivity contribution < 1.29 is 43.9 Å². The van der Waals surface area contributed by atoms with E-state index in [4.69, 9.17) is 14.2 Å². The van der Waals surface area contributed by atoms with Crippen molar-refractivity contribution in [2.75, 3.05) is 0 Å². The van der Waals surface area contributed by atoms with E-state index in [1.165, 1.54) is 54.6 Å². The zero-order valence-electron chi connectivity index (χ0n) is 20.6. The summed E-state index contributed by atoms with van der Waals surface area (Å²) < 4.78 is 16.2. The normalized spacial score (nSPS) is 10.5. The first-order chi connectivity index (χ1) is 18.7. The minimum absolute atomic E-state index is 0.0128. The fraction of sp³-hybridized carbons (Fsp3) is 0.100. The Morgan fingerprint density at radius 1 is 0.436 bits per heavy atom. The minimum Gasteiger partial charge on any atom is -0.508 e. The summed E-state index contributed by atoms with van der Waals surface area (Å²) in [5.74, 6) is -1.74. The van der Waals surface area contributed by atoms with Gasteiger partial charge in [0.15, 0.2) is 0 Å². The van der Waals surface area contributed by atoms with Crippen LogP contribution in [0.15, 0.2) is 91.0 Å². The number of aromatic hydroxyl groups is 3. The van der Waals surface area contributed by atoms with Gasteiger partial charge in [-0.15, -0.1) is 0 Å². The molecule has 0 bridgehead atoms. The SMILES string of the molecule is O=C(Cc1ccc(O)cc1)Oc1cc(OC(=O)Cc2ccc(O)cc2)cc(OC(=O)Cc2ccc(O)cc2)c1. The molecule has 0 atom stereocenters. The molecule has 3 N–H and O–H groups in total. The van der Waals surface area contributed by atoms with Crippen LogP contribution in [0.25, 0.3) is 0 Å². The standard InChI is InChI=1S/C30H24O9/c31-22-7-1-19(2-8-22)13-28(34)37-25-16-26(38-29(35)14-20-3-9-23(32)10-4-20)18-27(17-25)39-30(36)15-21-5-11-24(33)12-6-21/h1-12,16-18,31-33H,13-15H2. The summed E-state index contributed by atoms with van der Waals surface area (Å²) in [7, 11) is 0. The molecule has 0 saturated heterocycles. The van der Waals surface area contributed by atoms with Crippen molar-refractivity contribution >= 4 is 17.9 Å². The van der Waals surface area contributed by atoms with Crippen LogP contribution in [0.5, 0.6) is 34.5 Å². The Morgan fingerprint density at radius 2 is 0.667 bits per heavy atom. The minimum atomic E-state index is -0.630. The summed E-state index contributed by atoms with van der Waals surface area (Å²) in [6.07, 6.45) is -0.288. The maximum Gasteiger partial charge on any atom is 0.315 e. The lowest BCUT2D eigenvalue weighted by molar-refractivity contribution is -0.134. The Labute approximate surface area is 223 Å². The molecule has 0 heterocycles. The Kier molecular flexibility index (Phi) is 8.43. The van der Waals surface area contributed by atoms with E-state index in [9.17, 15) is 29.7 Å². The number of phenols is 3. The number of phenolic OH excluding ortho intramolecular Hbond substituents is 3. The van der Waals surface area contributed by atoms with Crippen LogP contribution < -0.4 is 14.2 Å². The second-order valence-electron chi connectivity index (χ2n) is 8.59. The number of benzene rings is 4. The van der Waals surface area contributed by atoms with Crippen molar-refractivity contribution in [3.63, 3.8) is 0 Å². The molecule has 0 amide bonds. The number of esters is 3. The number of carbonyl (C=O) groups excluding carboxylic acids is 3. The molecule has 0 unspecified atom stereocenters. The van der Waals surface area contributed by atoms with Gasteiger partial charge < -0.3 is 29.5 Å². The van der Waals surface area contributed by atoms with Crippen LogP contribution in [-0.2, 0) is 33.6 Å². The Morgan fingerprint density at radius 3 is 0.897 bits per heavy atom. The molecule has 0 aromatic heterocycles. The van der Waals surface area contributed by atoms with Gasteiger partial charge in [0.1, 0.15) is 34.5 Å². The van der Waals surface area contributed by atoms with Crippen molar-refractivity contribution in [1.29, 1.82) is 0 Å². The lowest BCUT2D eigenvalue weighted by Gasteiger charge is -2.12. The van der Waals surface area contributed by atoms with Crippen molar-refractivity contribution in [3.05, 3.63) is 108 Å². The summed E-state index contributed by atoms with van der Waals surface area (Å²) in [5, 5.41) is 28.3. The van der Waals surface area contributed by atoms with E-state index in [0.717, 1.165) is 0 Å². The smallest absolute Gasteiger partial charge is 0.315 e. The van der Waals surface area contributed by atoms with Gasteiger partial charge in [0.25, 0.3) is 0 Å². The largest absolute Gasteiger partial charge is 0.508 e. The predicted octanol–water partition coefficient (Wildman–Crippen LogP) is 4.25. The first-order valence-corrected chi connectivity index (χ1v) is 11.8. The van der Waals surface area contributed by atoms with Gasteiger partial charge in [-0.05, 0) is 53.1 Å². The van der Waals surface area contributed by atoms with E-state index in [1.54, 1.807) is 36.4 Å². The van der Waals surface area contributed by atoms with Crippen molar-refractivity contribution in [2.24, 2.45) is 0 Å². The summed E-state index contributed by atoms with van der Waals surface area (Å²) in [5.41, 5.74) is 1.82. The fourth-order valence-corrected chi connectivity index (χ4v) is 3.57. The molecular weight excluding hydrogens is 504 g/mol. The third-order valence-corrected chi connectivity index (χ3v) is 5.40. The molecular formula is C30H24O9. The van der Waals surface area contributed by atoms with Crippen LogP contribution in [0.3, 0.4) is 0 Å². The summed E-state index contributed by atoms with van der Waals surface area (Å²) in [6.45, 7) is 0. The molecule has 0 fully saturated rings. The second kappa shape index (κ2) is 12.3. The first kappa shape index (κ1) is 26.7. The van der Waals surface area contributed by atoms with Crippen molar-refractivity contribution in [2.45, 2.75) is 19.3 Å². The van der Waals surface area contributed by atoms with Crippen molar-refractivity contribution in [1.82, 2.24) is 0 Å². The highest BCUT2D eigenvalue weighted by Gasteiger charge is 2.15. The summed E-state index contributed by atoms with van der Waals surface area (Å²) in [6, 6.07) is 22.1. The lowest BCUT2D eigenvalue weighted by atomic mass is 10.1. The van der Waals surface area contributed by atoms with E-state index < -0.39 is 17.9 Å². The molecule has 0 aliphatic rings. The van der Waals surface area contributed by atoms with Crippen LogP contribution >= 0.6 is 0 Å². The van der Waals surface area contributed by atoms with Crippen LogP contribution in [0.1, 0.15) is 16.7 Å². The van der Waals surface area contributed by atoms with Crippen LogP contribution in [-0.4, -0.2) is 33.2 Å². The van der Waals surface area contributed by atoms with Gasteiger partial charge in [-0.1, -0.05) is 36.4 Å². The molecule has 0 aliphatic carbocycles. The van der Waals surface area contributed by atoms with E-state index in [1.807, 2.05) is 0 Å². The highest BCUT2D eigenvalue weighted by Crippen LogP contribution is 2.29. The third-order valence-electron chi connectivity index (χ3n) is 5.40. The number of rotatable bonds is 9. The third kappa shape index (κ3) is 8.36. The first-order valence-electron chi connectivity index (χ1n) is 11.8. The molecule has 198 valence electrons. The van der Waals surface area contributed by atoms with E-state index in [2.05, 4.69) is 0 Å². The Balaban J connectivity index is 1.49. The van der Waals surface area contributed by atoms with Crippen LogP contribution in [0.4, 0.5) is 0 Å². The van der Waals surface area contributed by atoms with E-state index in [0.29, 0.717) is 16.7 Å². The molecule has 9 nitrogen and oxygen atoms in total. The number of carbonyl (C=O) groups is 3. The zero-order valence-corrected chi connectivity index (χ0v) is 20.6. The molecule has 0 aliphatic heterocycles. The molecule has 4 rings (SSSR count). The number of hydrogen-bond donors (Lipinski definition) is 3. The number of hydrogen-bond acceptors (Lipinski definition) is 9. The molecule has 39 heavy (non-hydrogen) atoms. The average Bonchev–Trinajstić information content (AvgIpc) is 2.88. The van der Waals surface area contributed by atoms with Gasteiger partial charge in [0.05, 0.1) is 19.3 Å². The number of ether oxygens (including phenoxy) is 3. The predicted molar refractivity (Wildman–Crippen MR) is 139 cm³/mol. The topological polar surface area (TPSA) is 140 Å². The highest BCUT2D eigenvalue weighted by molar-refractivity contribution is 5.78. The summed E-state index contributed by atoms with van der Waals surface area (Å²) >= 11 is 0. The quantitative estimate of drug-likeness (QED) is 0.215. The van der Waals surface area contributed by atoms with Gasteiger partial charge in [-0.25, -0.2) is 0 Å². The molecule has 0 spiro atoms. The molecule has 0 radical (unpaired) electrons. The van der Waals surface area contributed by atoms with Crippen LogP contribution in [0.2, 0.25) is 0 Å². The van der Waals surface area contributed by atoms with E-state index >= 15 is 0 Å². The lowest BCUT2D eigenvalue weighted by Crippen LogP contribution is -2.14. The summed E-state index contributed by atoms with van der Waals surface area (Å²) in [4.78, 5) is 37.6. The Hall–Kier alpha value is -5.31.